The van der Waals surface area contributed by atoms with E-state index in [1.54, 1.807) is 14.2 Å². The summed E-state index contributed by atoms with van der Waals surface area (Å²) in [4.78, 5) is 0. The van der Waals surface area contributed by atoms with Gasteiger partial charge in [-0.1, -0.05) is 24.4 Å². The molecule has 0 heterocycles. The fourth-order valence-electron chi connectivity index (χ4n) is 2.80. The highest BCUT2D eigenvalue weighted by molar-refractivity contribution is 6.32. The highest BCUT2D eigenvalue weighted by Crippen LogP contribution is 2.48. The van der Waals surface area contributed by atoms with Crippen LogP contribution in [0.2, 0.25) is 5.02 Å². The van der Waals surface area contributed by atoms with Gasteiger partial charge in [0.15, 0.2) is 11.5 Å². The molecular weight excluding hydrogens is 250 g/mol. The molecule has 2 N–H and O–H groups in total. The second-order valence-electron chi connectivity index (χ2n) is 4.98. The maximum atomic E-state index is 6.53. The molecule has 0 bridgehead atoms. The number of nitrogens with two attached hydrogens (primary N) is 1. The largest absolute Gasteiger partial charge is 0.493 e. The SMILES string of the molecule is COc1cc(C)c(Cl)c(C2(N)CCCC2)c1OC. The van der Waals surface area contributed by atoms with Gasteiger partial charge in [-0.05, 0) is 31.4 Å². The molecule has 1 aliphatic carbocycles. The van der Waals surface area contributed by atoms with Gasteiger partial charge in [0.1, 0.15) is 0 Å². The van der Waals surface area contributed by atoms with Crippen molar-refractivity contribution in [2.75, 3.05) is 14.2 Å². The van der Waals surface area contributed by atoms with E-state index in [2.05, 4.69) is 0 Å². The minimum atomic E-state index is -0.387. The van der Waals surface area contributed by atoms with Gasteiger partial charge < -0.3 is 15.2 Å². The van der Waals surface area contributed by atoms with Crippen LogP contribution < -0.4 is 15.2 Å². The van der Waals surface area contributed by atoms with Gasteiger partial charge in [-0.15, -0.1) is 0 Å². The molecule has 1 aliphatic rings. The summed E-state index contributed by atoms with van der Waals surface area (Å²) in [6, 6.07) is 1.89. The normalized spacial score (nSPS) is 17.8. The molecule has 0 spiro atoms. The lowest BCUT2D eigenvalue weighted by atomic mass is 9.87. The molecule has 1 saturated carbocycles. The Morgan fingerprint density at radius 3 is 2.33 bits per heavy atom. The van der Waals surface area contributed by atoms with Gasteiger partial charge in [0, 0.05) is 11.1 Å². The lowest BCUT2D eigenvalue weighted by molar-refractivity contribution is 0.337. The van der Waals surface area contributed by atoms with Crippen LogP contribution in [0.25, 0.3) is 0 Å². The summed E-state index contributed by atoms with van der Waals surface area (Å²) in [5.41, 5.74) is 8.02. The molecule has 1 aromatic rings. The summed E-state index contributed by atoms with van der Waals surface area (Å²) in [6.45, 7) is 1.96. The van der Waals surface area contributed by atoms with Crippen molar-refractivity contribution >= 4 is 11.6 Å². The maximum absolute atomic E-state index is 6.53. The van der Waals surface area contributed by atoms with Crippen LogP contribution in [-0.4, -0.2) is 14.2 Å². The third kappa shape index (κ3) is 2.06. The zero-order valence-electron chi connectivity index (χ0n) is 11.2. The second kappa shape index (κ2) is 4.98. The highest BCUT2D eigenvalue weighted by atomic mass is 35.5. The van der Waals surface area contributed by atoms with Crippen molar-refractivity contribution < 1.29 is 9.47 Å². The highest BCUT2D eigenvalue weighted by Gasteiger charge is 2.37. The molecule has 0 radical (unpaired) electrons. The summed E-state index contributed by atoms with van der Waals surface area (Å²) >= 11 is 6.46. The first-order valence-electron chi connectivity index (χ1n) is 6.24. The van der Waals surface area contributed by atoms with Crippen molar-refractivity contribution in [1.82, 2.24) is 0 Å². The molecule has 4 heteroatoms. The van der Waals surface area contributed by atoms with Crippen LogP contribution in [0.5, 0.6) is 11.5 Å². The average Bonchev–Trinajstić information content (AvgIpc) is 2.79. The standard InChI is InChI=1S/C14H20ClNO2/c1-9-8-10(17-2)13(18-3)11(12(9)15)14(16)6-4-5-7-14/h8H,4-7,16H2,1-3H3. The van der Waals surface area contributed by atoms with E-state index in [0.29, 0.717) is 16.5 Å². The van der Waals surface area contributed by atoms with Gasteiger partial charge in [0.2, 0.25) is 0 Å². The minimum absolute atomic E-state index is 0.387. The molecule has 1 aromatic carbocycles. The topological polar surface area (TPSA) is 44.5 Å². The van der Waals surface area contributed by atoms with Crippen molar-refractivity contribution in [3.8, 4) is 11.5 Å². The van der Waals surface area contributed by atoms with Gasteiger partial charge in [-0.2, -0.15) is 0 Å². The number of halogens is 1. The van der Waals surface area contributed by atoms with Gasteiger partial charge in [-0.25, -0.2) is 0 Å². The Kier molecular flexibility index (Phi) is 3.74. The maximum Gasteiger partial charge on any atom is 0.167 e. The number of aryl methyl sites for hydroxylation is 1. The van der Waals surface area contributed by atoms with Crippen LogP contribution >= 0.6 is 11.6 Å². The fraction of sp³-hybridized carbons (Fsp3) is 0.571. The Morgan fingerprint density at radius 2 is 1.83 bits per heavy atom. The van der Waals surface area contributed by atoms with E-state index in [-0.39, 0.29) is 5.54 Å². The van der Waals surface area contributed by atoms with Crippen LogP contribution in [0.15, 0.2) is 6.07 Å². The molecule has 18 heavy (non-hydrogen) atoms. The smallest absolute Gasteiger partial charge is 0.167 e. The molecule has 3 nitrogen and oxygen atoms in total. The Hall–Kier alpha value is -0.930. The van der Waals surface area contributed by atoms with Crippen molar-refractivity contribution in [3.63, 3.8) is 0 Å². The Labute approximate surface area is 113 Å². The van der Waals surface area contributed by atoms with Crippen LogP contribution in [0.4, 0.5) is 0 Å². The molecule has 100 valence electrons. The van der Waals surface area contributed by atoms with Crippen LogP contribution in [0.1, 0.15) is 36.8 Å². The van der Waals surface area contributed by atoms with E-state index < -0.39 is 0 Å². The molecule has 2 rings (SSSR count). The number of ether oxygens (including phenoxy) is 2. The molecule has 0 aromatic heterocycles. The van der Waals surface area contributed by atoms with Gasteiger partial charge >= 0.3 is 0 Å². The monoisotopic (exact) mass is 269 g/mol. The third-order valence-electron chi connectivity index (χ3n) is 3.78. The summed E-state index contributed by atoms with van der Waals surface area (Å²) in [7, 11) is 3.26. The molecule has 1 fully saturated rings. The van der Waals surface area contributed by atoms with Crippen LogP contribution in [-0.2, 0) is 5.54 Å². The zero-order valence-corrected chi connectivity index (χ0v) is 11.9. The Bertz CT molecular complexity index is 454. The fourth-order valence-corrected chi connectivity index (χ4v) is 3.13. The van der Waals surface area contributed by atoms with E-state index in [1.165, 1.54) is 0 Å². The van der Waals surface area contributed by atoms with Gasteiger partial charge in [0.25, 0.3) is 0 Å². The third-order valence-corrected chi connectivity index (χ3v) is 4.27. The van der Waals surface area contributed by atoms with E-state index >= 15 is 0 Å². The van der Waals surface area contributed by atoms with Crippen LogP contribution in [0, 0.1) is 6.92 Å². The number of benzene rings is 1. The number of rotatable bonds is 3. The predicted octanol–water partition coefficient (Wildman–Crippen LogP) is 3.39. The van der Waals surface area contributed by atoms with Gasteiger partial charge in [0.05, 0.1) is 19.2 Å². The number of hydrogen-bond donors (Lipinski definition) is 1. The van der Waals surface area contributed by atoms with E-state index in [9.17, 15) is 0 Å². The molecular formula is C14H20ClNO2. The number of methoxy groups -OCH3 is 2. The first-order valence-corrected chi connectivity index (χ1v) is 6.61. The van der Waals surface area contributed by atoms with Crippen molar-refractivity contribution in [2.24, 2.45) is 5.73 Å². The quantitative estimate of drug-likeness (QED) is 0.915. The van der Waals surface area contributed by atoms with Crippen LogP contribution in [0.3, 0.4) is 0 Å². The van der Waals surface area contributed by atoms with Gasteiger partial charge in [-0.3, -0.25) is 0 Å². The lowest BCUT2D eigenvalue weighted by Gasteiger charge is -2.29. The van der Waals surface area contributed by atoms with E-state index in [4.69, 9.17) is 26.8 Å². The second-order valence-corrected chi connectivity index (χ2v) is 5.36. The van der Waals surface area contributed by atoms with Crippen molar-refractivity contribution in [1.29, 1.82) is 0 Å². The molecule has 0 aliphatic heterocycles. The minimum Gasteiger partial charge on any atom is -0.493 e. The average molecular weight is 270 g/mol. The summed E-state index contributed by atoms with van der Waals surface area (Å²) < 4.78 is 10.9. The van der Waals surface area contributed by atoms with Crippen molar-refractivity contribution in [3.05, 3.63) is 22.2 Å². The summed E-state index contributed by atoms with van der Waals surface area (Å²) in [5.74, 6) is 1.38. The van der Waals surface area contributed by atoms with E-state index in [0.717, 1.165) is 36.8 Å². The lowest BCUT2D eigenvalue weighted by Crippen LogP contribution is -2.34. The molecule has 0 unspecified atom stereocenters. The predicted molar refractivity (Wildman–Crippen MR) is 73.6 cm³/mol. The Morgan fingerprint density at radius 1 is 1.22 bits per heavy atom. The molecule has 0 saturated heterocycles. The molecule has 0 atom stereocenters. The first kappa shape index (κ1) is 13.5. The zero-order chi connectivity index (χ0) is 13.3. The van der Waals surface area contributed by atoms with Crippen molar-refractivity contribution in [2.45, 2.75) is 38.1 Å². The molecule has 0 amide bonds. The summed E-state index contributed by atoms with van der Waals surface area (Å²) in [6.07, 6.45) is 4.14. The Balaban J connectivity index is 2.66. The van der Waals surface area contributed by atoms with E-state index in [1.807, 2.05) is 13.0 Å². The summed E-state index contributed by atoms with van der Waals surface area (Å²) in [5, 5.41) is 0.706. The first-order chi connectivity index (χ1) is 8.53. The number of hydrogen-bond acceptors (Lipinski definition) is 3.